The molecule has 1 rings (SSSR count). The minimum atomic E-state index is -0.151. The third-order valence-electron chi connectivity index (χ3n) is 3.77. The van der Waals surface area contributed by atoms with Gasteiger partial charge in [-0.05, 0) is 51.5 Å². The minimum absolute atomic E-state index is 0.0815. The van der Waals surface area contributed by atoms with Crippen molar-refractivity contribution in [1.82, 2.24) is 15.5 Å². The van der Waals surface area contributed by atoms with Crippen LogP contribution in [0.3, 0.4) is 0 Å². The monoisotopic (exact) mass is 305 g/mol. The lowest BCUT2D eigenvalue weighted by atomic mass is 9.99. The molecule has 0 bridgehead atoms. The zero-order chi connectivity index (χ0) is 16.4. The summed E-state index contributed by atoms with van der Waals surface area (Å²) in [7, 11) is 5.78. The molecule has 1 amide bonds. The third kappa shape index (κ3) is 6.58. The summed E-state index contributed by atoms with van der Waals surface area (Å²) >= 11 is 0. The van der Waals surface area contributed by atoms with E-state index in [4.69, 9.17) is 0 Å². The number of carbonyl (C=O) groups is 1. The molecule has 0 spiro atoms. The van der Waals surface area contributed by atoms with Crippen LogP contribution in [0.1, 0.15) is 30.9 Å². The topological polar surface area (TPSA) is 44.4 Å². The second kappa shape index (κ2) is 10.4. The smallest absolute Gasteiger partial charge is 0.238 e. The summed E-state index contributed by atoms with van der Waals surface area (Å²) in [6.07, 6.45) is 4.30. The zero-order valence-corrected chi connectivity index (χ0v) is 14.5. The standard InChI is InChI=1S/C18H31N3O/c1-5-9-15-10-6-7-11-16(15)12-8-13-20-18(22)17(19-2)14-21(3)4/h6-7,10-11,17,19H,5,8-9,12-14H2,1-4H3,(H,20,22). The highest BCUT2D eigenvalue weighted by atomic mass is 16.2. The molecule has 0 fully saturated rings. The first-order valence-electron chi connectivity index (χ1n) is 8.25. The molecule has 1 atom stereocenters. The Morgan fingerprint density at radius 3 is 2.36 bits per heavy atom. The Morgan fingerprint density at radius 2 is 1.82 bits per heavy atom. The molecule has 0 saturated heterocycles. The Hall–Kier alpha value is -1.39. The third-order valence-corrected chi connectivity index (χ3v) is 3.77. The number of rotatable bonds is 10. The molecule has 22 heavy (non-hydrogen) atoms. The van der Waals surface area contributed by atoms with Crippen molar-refractivity contribution < 1.29 is 4.79 Å². The van der Waals surface area contributed by atoms with Gasteiger partial charge in [-0.2, -0.15) is 0 Å². The number of hydrogen-bond acceptors (Lipinski definition) is 3. The molecule has 4 heteroatoms. The van der Waals surface area contributed by atoms with Crippen LogP contribution in [0, 0.1) is 0 Å². The second-order valence-corrected chi connectivity index (χ2v) is 6.02. The van der Waals surface area contributed by atoms with Crippen molar-refractivity contribution in [2.75, 3.05) is 34.2 Å². The molecule has 0 aromatic heterocycles. The van der Waals surface area contributed by atoms with Crippen LogP contribution in [-0.4, -0.2) is 51.1 Å². The molecule has 1 aromatic rings. The van der Waals surface area contributed by atoms with Gasteiger partial charge in [0.25, 0.3) is 0 Å². The first-order valence-corrected chi connectivity index (χ1v) is 8.25. The van der Waals surface area contributed by atoms with E-state index in [1.807, 2.05) is 26.0 Å². The van der Waals surface area contributed by atoms with Crippen molar-refractivity contribution >= 4 is 5.91 Å². The SMILES string of the molecule is CCCc1ccccc1CCCNC(=O)C(CN(C)C)NC. The lowest BCUT2D eigenvalue weighted by molar-refractivity contribution is -0.123. The molecule has 4 nitrogen and oxygen atoms in total. The molecular weight excluding hydrogens is 274 g/mol. The van der Waals surface area contributed by atoms with Crippen LogP contribution in [0.25, 0.3) is 0 Å². The Kier molecular flexibility index (Phi) is 8.78. The maximum atomic E-state index is 12.1. The number of hydrogen-bond donors (Lipinski definition) is 2. The lowest BCUT2D eigenvalue weighted by Gasteiger charge is -2.20. The molecule has 0 heterocycles. The van der Waals surface area contributed by atoms with Gasteiger partial charge in [0.05, 0.1) is 6.04 Å². The van der Waals surface area contributed by atoms with Crippen LogP contribution in [-0.2, 0) is 17.6 Å². The van der Waals surface area contributed by atoms with E-state index in [9.17, 15) is 4.79 Å². The van der Waals surface area contributed by atoms with E-state index in [-0.39, 0.29) is 11.9 Å². The molecule has 2 N–H and O–H groups in total. The molecule has 0 aliphatic rings. The van der Waals surface area contributed by atoms with Crippen molar-refractivity contribution in [3.63, 3.8) is 0 Å². The Morgan fingerprint density at radius 1 is 1.18 bits per heavy atom. The molecule has 1 aromatic carbocycles. The molecule has 124 valence electrons. The normalized spacial score (nSPS) is 12.4. The summed E-state index contributed by atoms with van der Waals surface area (Å²) in [6.45, 7) is 3.65. The zero-order valence-electron chi connectivity index (χ0n) is 14.5. The first kappa shape index (κ1) is 18.7. The second-order valence-electron chi connectivity index (χ2n) is 6.02. The van der Waals surface area contributed by atoms with Crippen LogP contribution in [0.4, 0.5) is 0 Å². The van der Waals surface area contributed by atoms with Crippen molar-refractivity contribution in [2.24, 2.45) is 0 Å². The van der Waals surface area contributed by atoms with E-state index in [1.165, 1.54) is 17.5 Å². The van der Waals surface area contributed by atoms with E-state index in [0.29, 0.717) is 6.54 Å². The number of nitrogens with zero attached hydrogens (tertiary/aromatic N) is 1. The molecule has 0 saturated carbocycles. The molecule has 0 radical (unpaired) electrons. The molecular formula is C18H31N3O. The van der Waals surface area contributed by atoms with Crippen molar-refractivity contribution in [1.29, 1.82) is 0 Å². The summed E-state index contributed by atoms with van der Waals surface area (Å²) in [5, 5.41) is 6.10. The van der Waals surface area contributed by atoms with E-state index in [0.717, 1.165) is 25.8 Å². The van der Waals surface area contributed by atoms with Gasteiger partial charge in [-0.3, -0.25) is 4.79 Å². The first-order chi connectivity index (χ1) is 10.6. The van der Waals surface area contributed by atoms with E-state index >= 15 is 0 Å². The van der Waals surface area contributed by atoms with Gasteiger partial charge in [-0.15, -0.1) is 0 Å². The van der Waals surface area contributed by atoms with Crippen molar-refractivity contribution in [3.05, 3.63) is 35.4 Å². The summed E-state index contributed by atoms with van der Waals surface area (Å²) in [5.41, 5.74) is 2.86. The average molecular weight is 305 g/mol. The molecule has 1 unspecified atom stereocenters. The van der Waals surface area contributed by atoms with Crippen LogP contribution in [0.2, 0.25) is 0 Å². The average Bonchev–Trinajstić information content (AvgIpc) is 2.50. The summed E-state index contributed by atoms with van der Waals surface area (Å²) in [4.78, 5) is 14.1. The Balaban J connectivity index is 2.37. The number of likely N-dealkylation sites (N-methyl/N-ethyl adjacent to an activating group) is 2. The number of nitrogens with one attached hydrogen (secondary N) is 2. The fraction of sp³-hybridized carbons (Fsp3) is 0.611. The van der Waals surface area contributed by atoms with E-state index < -0.39 is 0 Å². The van der Waals surface area contributed by atoms with Crippen LogP contribution in [0.15, 0.2) is 24.3 Å². The largest absolute Gasteiger partial charge is 0.355 e. The fourth-order valence-corrected chi connectivity index (χ4v) is 2.60. The van der Waals surface area contributed by atoms with Gasteiger partial charge in [0, 0.05) is 13.1 Å². The van der Waals surface area contributed by atoms with E-state index in [1.54, 1.807) is 0 Å². The van der Waals surface area contributed by atoms with Crippen LogP contribution < -0.4 is 10.6 Å². The number of aryl methyl sites for hydroxylation is 2. The quantitative estimate of drug-likeness (QED) is 0.648. The number of amides is 1. The van der Waals surface area contributed by atoms with Crippen molar-refractivity contribution in [2.45, 2.75) is 38.6 Å². The number of benzene rings is 1. The predicted octanol–water partition coefficient (Wildman–Crippen LogP) is 1.84. The predicted molar refractivity (Wildman–Crippen MR) is 93.2 cm³/mol. The van der Waals surface area contributed by atoms with Gasteiger partial charge in [-0.25, -0.2) is 0 Å². The molecule has 0 aliphatic carbocycles. The highest BCUT2D eigenvalue weighted by molar-refractivity contribution is 5.81. The van der Waals surface area contributed by atoms with Crippen molar-refractivity contribution in [3.8, 4) is 0 Å². The highest BCUT2D eigenvalue weighted by Gasteiger charge is 2.16. The van der Waals surface area contributed by atoms with Crippen LogP contribution >= 0.6 is 0 Å². The number of carbonyl (C=O) groups excluding carboxylic acids is 1. The van der Waals surface area contributed by atoms with Gasteiger partial charge < -0.3 is 15.5 Å². The minimum Gasteiger partial charge on any atom is -0.355 e. The maximum Gasteiger partial charge on any atom is 0.238 e. The van der Waals surface area contributed by atoms with Gasteiger partial charge in [-0.1, -0.05) is 37.6 Å². The summed E-state index contributed by atoms with van der Waals surface area (Å²) in [5.74, 6) is 0.0815. The van der Waals surface area contributed by atoms with Gasteiger partial charge in [0.2, 0.25) is 5.91 Å². The lowest BCUT2D eigenvalue weighted by Crippen LogP contribution is -2.48. The Bertz CT molecular complexity index is 446. The van der Waals surface area contributed by atoms with Gasteiger partial charge in [0.15, 0.2) is 0 Å². The van der Waals surface area contributed by atoms with Gasteiger partial charge in [0.1, 0.15) is 0 Å². The van der Waals surface area contributed by atoms with Gasteiger partial charge >= 0.3 is 0 Å². The Labute approximate surface area is 135 Å². The molecule has 0 aliphatic heterocycles. The fourth-order valence-electron chi connectivity index (χ4n) is 2.60. The highest BCUT2D eigenvalue weighted by Crippen LogP contribution is 2.12. The van der Waals surface area contributed by atoms with E-state index in [2.05, 4.69) is 41.8 Å². The van der Waals surface area contributed by atoms with Crippen LogP contribution in [0.5, 0.6) is 0 Å². The summed E-state index contributed by atoms with van der Waals surface area (Å²) in [6, 6.07) is 8.47. The summed E-state index contributed by atoms with van der Waals surface area (Å²) < 4.78 is 0. The maximum absolute atomic E-state index is 12.1.